The number of hydrogen-bond acceptors (Lipinski definition) is 2. The van der Waals surface area contributed by atoms with E-state index < -0.39 is 10.8 Å². The highest BCUT2D eigenvalue weighted by Crippen LogP contribution is 2.29. The van der Waals surface area contributed by atoms with Gasteiger partial charge in [-0.3, -0.25) is 4.21 Å². The lowest BCUT2D eigenvalue weighted by molar-refractivity contribution is 0.324. The molecule has 1 aromatic rings. The summed E-state index contributed by atoms with van der Waals surface area (Å²) in [6, 6.07) is 10.2. The maximum absolute atomic E-state index is 12.5. The van der Waals surface area contributed by atoms with E-state index in [1.54, 1.807) is 0 Å². The van der Waals surface area contributed by atoms with Crippen LogP contribution in [0.15, 0.2) is 30.3 Å². The van der Waals surface area contributed by atoms with Gasteiger partial charge in [0.25, 0.3) is 0 Å². The van der Waals surface area contributed by atoms with Gasteiger partial charge in [-0.2, -0.15) is 0 Å². The Balaban J connectivity index is 1.99. The molecule has 0 radical (unpaired) electrons. The van der Waals surface area contributed by atoms with Gasteiger partial charge >= 0.3 is 0 Å². The molecule has 2 nitrogen and oxygen atoms in total. The third-order valence-corrected chi connectivity index (χ3v) is 5.85. The summed E-state index contributed by atoms with van der Waals surface area (Å²) >= 11 is 0. The second-order valence-corrected chi connectivity index (χ2v) is 6.96. The van der Waals surface area contributed by atoms with Gasteiger partial charge in [-0.25, -0.2) is 0 Å². The molecule has 1 aliphatic carbocycles. The molecule has 4 unspecified atom stereocenters. The maximum atomic E-state index is 12.5. The highest BCUT2D eigenvalue weighted by atomic mass is 32.2. The highest BCUT2D eigenvalue weighted by molar-refractivity contribution is 7.84. The normalized spacial score (nSPS) is 30.0. The van der Waals surface area contributed by atoms with Gasteiger partial charge in [0.05, 0.1) is 5.25 Å². The smallest absolute Gasteiger partial charge is 0.0505 e. The lowest BCUT2D eigenvalue weighted by Crippen LogP contribution is -2.43. The van der Waals surface area contributed by atoms with Gasteiger partial charge in [-0.15, -0.1) is 0 Å². The zero-order chi connectivity index (χ0) is 13.0. The van der Waals surface area contributed by atoms with Crippen molar-refractivity contribution in [1.82, 2.24) is 0 Å². The third kappa shape index (κ3) is 3.42. The standard InChI is InChI=1S/C15H23NOS/c1-2-12-8-9-14(16)15(10-12)18(17)11-13-6-4-3-5-7-13/h3-7,12,14-15H,2,8-11,16H2,1H3. The highest BCUT2D eigenvalue weighted by Gasteiger charge is 2.31. The molecule has 1 aliphatic rings. The lowest BCUT2D eigenvalue weighted by Gasteiger charge is -2.33. The fourth-order valence-corrected chi connectivity index (χ4v) is 4.50. The van der Waals surface area contributed by atoms with Gasteiger partial charge in [0.2, 0.25) is 0 Å². The first-order valence-electron chi connectivity index (χ1n) is 6.87. The van der Waals surface area contributed by atoms with Crippen LogP contribution in [0.2, 0.25) is 0 Å². The summed E-state index contributed by atoms with van der Waals surface area (Å²) in [7, 11) is -0.835. The molecule has 2 N–H and O–H groups in total. The molecule has 18 heavy (non-hydrogen) atoms. The molecule has 4 atom stereocenters. The average Bonchev–Trinajstić information content (AvgIpc) is 2.40. The van der Waals surface area contributed by atoms with E-state index in [-0.39, 0.29) is 11.3 Å². The van der Waals surface area contributed by atoms with Gasteiger partial charge in [0.15, 0.2) is 0 Å². The number of benzene rings is 1. The Hall–Kier alpha value is -0.670. The molecule has 1 saturated carbocycles. The van der Waals surface area contributed by atoms with E-state index in [2.05, 4.69) is 6.92 Å². The molecule has 0 saturated heterocycles. The largest absolute Gasteiger partial charge is 0.327 e. The second-order valence-electron chi connectivity index (χ2n) is 5.30. The van der Waals surface area contributed by atoms with Gasteiger partial charge in [0.1, 0.15) is 0 Å². The predicted octanol–water partition coefficient (Wildman–Crippen LogP) is 2.84. The predicted molar refractivity (Wildman–Crippen MR) is 77.7 cm³/mol. The number of hydrogen-bond donors (Lipinski definition) is 1. The summed E-state index contributed by atoms with van der Waals surface area (Å²) in [5.74, 6) is 1.37. The molecular formula is C15H23NOS. The first-order chi connectivity index (χ1) is 8.70. The van der Waals surface area contributed by atoms with Crippen molar-refractivity contribution in [2.75, 3.05) is 0 Å². The molecule has 100 valence electrons. The van der Waals surface area contributed by atoms with Crippen LogP contribution < -0.4 is 5.73 Å². The maximum Gasteiger partial charge on any atom is 0.0505 e. The molecule has 3 heteroatoms. The fraction of sp³-hybridized carbons (Fsp3) is 0.600. The molecule has 0 heterocycles. The van der Waals surface area contributed by atoms with Crippen LogP contribution in [0.1, 0.15) is 38.2 Å². The fourth-order valence-electron chi connectivity index (χ4n) is 2.75. The van der Waals surface area contributed by atoms with Crippen molar-refractivity contribution in [3.63, 3.8) is 0 Å². The molecule has 0 aliphatic heterocycles. The summed E-state index contributed by atoms with van der Waals surface area (Å²) in [6.45, 7) is 2.22. The molecular weight excluding hydrogens is 242 g/mol. The van der Waals surface area contributed by atoms with Crippen LogP contribution in [0.5, 0.6) is 0 Å². The van der Waals surface area contributed by atoms with E-state index in [1.807, 2.05) is 30.3 Å². The number of rotatable bonds is 4. The average molecular weight is 265 g/mol. The van der Waals surface area contributed by atoms with Crippen molar-refractivity contribution in [3.05, 3.63) is 35.9 Å². The van der Waals surface area contributed by atoms with Crippen LogP contribution in [-0.4, -0.2) is 15.5 Å². The van der Waals surface area contributed by atoms with Crippen LogP contribution in [0.4, 0.5) is 0 Å². The Bertz CT molecular complexity index is 393. The van der Waals surface area contributed by atoms with Crippen molar-refractivity contribution in [1.29, 1.82) is 0 Å². The Morgan fingerprint density at radius 3 is 2.67 bits per heavy atom. The van der Waals surface area contributed by atoms with Crippen LogP contribution in [-0.2, 0) is 16.6 Å². The molecule has 0 bridgehead atoms. The second kappa shape index (κ2) is 6.48. The van der Waals surface area contributed by atoms with Crippen LogP contribution in [0, 0.1) is 5.92 Å². The molecule has 2 rings (SSSR count). The van der Waals surface area contributed by atoms with E-state index in [0.717, 1.165) is 24.3 Å². The summed E-state index contributed by atoms with van der Waals surface area (Å²) in [6.07, 6.45) is 4.46. The summed E-state index contributed by atoms with van der Waals surface area (Å²) in [5.41, 5.74) is 7.31. The van der Waals surface area contributed by atoms with Crippen molar-refractivity contribution in [2.45, 2.75) is 49.7 Å². The van der Waals surface area contributed by atoms with E-state index in [9.17, 15) is 4.21 Å². The first-order valence-corrected chi connectivity index (χ1v) is 8.25. The molecule has 1 aromatic carbocycles. The third-order valence-electron chi connectivity index (χ3n) is 4.02. The minimum atomic E-state index is -0.835. The first kappa shape index (κ1) is 13.8. The Labute approximate surface area is 112 Å². The summed E-state index contributed by atoms with van der Waals surface area (Å²) in [4.78, 5) is 0. The topological polar surface area (TPSA) is 43.1 Å². The van der Waals surface area contributed by atoms with E-state index in [4.69, 9.17) is 5.73 Å². The van der Waals surface area contributed by atoms with Crippen LogP contribution in [0.25, 0.3) is 0 Å². The Morgan fingerprint density at radius 2 is 2.00 bits per heavy atom. The Morgan fingerprint density at radius 1 is 1.28 bits per heavy atom. The zero-order valence-electron chi connectivity index (χ0n) is 11.0. The Kier molecular flexibility index (Phi) is 4.95. The van der Waals surface area contributed by atoms with Gasteiger partial charge in [0, 0.05) is 22.6 Å². The van der Waals surface area contributed by atoms with E-state index in [1.165, 1.54) is 12.8 Å². The molecule has 0 aromatic heterocycles. The van der Waals surface area contributed by atoms with Gasteiger partial charge < -0.3 is 5.73 Å². The molecule has 0 amide bonds. The van der Waals surface area contributed by atoms with Crippen molar-refractivity contribution >= 4 is 10.8 Å². The summed E-state index contributed by atoms with van der Waals surface area (Å²) in [5, 5.41) is 0.184. The lowest BCUT2D eigenvalue weighted by atomic mass is 9.84. The van der Waals surface area contributed by atoms with Crippen LogP contribution >= 0.6 is 0 Å². The van der Waals surface area contributed by atoms with E-state index >= 15 is 0 Å². The SMILES string of the molecule is CCC1CCC(N)C(S(=O)Cc2ccccc2)C1. The van der Waals surface area contributed by atoms with Crippen molar-refractivity contribution in [3.8, 4) is 0 Å². The monoisotopic (exact) mass is 265 g/mol. The molecule has 0 spiro atoms. The van der Waals surface area contributed by atoms with E-state index in [0.29, 0.717) is 5.75 Å². The minimum Gasteiger partial charge on any atom is -0.327 e. The van der Waals surface area contributed by atoms with Crippen molar-refractivity contribution < 1.29 is 4.21 Å². The quantitative estimate of drug-likeness (QED) is 0.909. The minimum absolute atomic E-state index is 0.123. The van der Waals surface area contributed by atoms with Crippen molar-refractivity contribution in [2.24, 2.45) is 11.7 Å². The zero-order valence-corrected chi connectivity index (χ0v) is 11.9. The number of nitrogens with two attached hydrogens (primary N) is 1. The summed E-state index contributed by atoms with van der Waals surface area (Å²) < 4.78 is 12.5. The van der Waals surface area contributed by atoms with Gasteiger partial charge in [-0.05, 0) is 30.7 Å². The van der Waals surface area contributed by atoms with Gasteiger partial charge in [-0.1, -0.05) is 43.7 Å². The molecule has 1 fully saturated rings. The van der Waals surface area contributed by atoms with Crippen LogP contribution in [0.3, 0.4) is 0 Å².